The number of nitrogens with two attached hydrogens (primary N) is 1. The molecule has 20 heavy (non-hydrogen) atoms. The zero-order chi connectivity index (χ0) is 14.8. The second kappa shape index (κ2) is 6.62. The summed E-state index contributed by atoms with van der Waals surface area (Å²) in [7, 11) is 0. The summed E-state index contributed by atoms with van der Waals surface area (Å²) in [5, 5.41) is 0. The molecule has 2 N–H and O–H groups in total. The fraction of sp³-hybridized carbons (Fsp3) is 0.857. The second-order valence-corrected chi connectivity index (χ2v) is 7.44. The molecule has 0 saturated carbocycles. The Labute approximate surface area is 131 Å². The predicted octanol–water partition coefficient (Wildman–Crippen LogP) is 1.48. The number of carbonyl (C=O) groups is 1. The van der Waals surface area contributed by atoms with Crippen LogP contribution in [0.5, 0.6) is 0 Å². The number of rotatable bonds is 4. The predicted molar refractivity (Wildman–Crippen MR) is 89.1 cm³/mol. The normalized spacial score (nSPS) is 24.6. The van der Waals surface area contributed by atoms with E-state index in [9.17, 15) is 4.79 Å². The van der Waals surface area contributed by atoms with Crippen LogP contribution in [0.2, 0.25) is 0 Å². The van der Waals surface area contributed by atoms with E-state index in [-0.39, 0.29) is 16.7 Å². The van der Waals surface area contributed by atoms with E-state index in [1.807, 2.05) is 11.8 Å². The summed E-state index contributed by atoms with van der Waals surface area (Å²) < 4.78 is -0.0672. The number of likely N-dealkylation sites (tertiary alicyclic amines) is 2. The van der Waals surface area contributed by atoms with Crippen LogP contribution in [0.15, 0.2) is 0 Å². The quantitative estimate of drug-likeness (QED) is 0.797. The van der Waals surface area contributed by atoms with Crippen LogP contribution < -0.4 is 5.73 Å². The molecule has 0 aliphatic carbocycles. The lowest BCUT2D eigenvalue weighted by atomic mass is 9.94. The first-order chi connectivity index (χ1) is 9.50. The van der Waals surface area contributed by atoms with Crippen molar-refractivity contribution >= 4 is 34.9 Å². The van der Waals surface area contributed by atoms with Crippen LogP contribution in [0.25, 0.3) is 0 Å². The van der Waals surface area contributed by atoms with Crippen LogP contribution in [0.1, 0.15) is 32.6 Å². The molecule has 2 heterocycles. The van der Waals surface area contributed by atoms with Gasteiger partial charge in [-0.25, -0.2) is 0 Å². The molecule has 2 rings (SSSR count). The summed E-state index contributed by atoms with van der Waals surface area (Å²) in [4.78, 5) is 17.3. The van der Waals surface area contributed by atoms with Gasteiger partial charge >= 0.3 is 0 Å². The largest absolute Gasteiger partial charge is 0.392 e. The number of hydrogen-bond acceptors (Lipinski definition) is 4. The van der Waals surface area contributed by atoms with Crippen LogP contribution in [0.3, 0.4) is 0 Å². The van der Waals surface area contributed by atoms with Gasteiger partial charge in [-0.3, -0.25) is 9.69 Å². The molecule has 2 saturated heterocycles. The van der Waals surface area contributed by atoms with Crippen molar-refractivity contribution in [2.45, 2.75) is 43.4 Å². The number of nitrogens with zero attached hydrogens (tertiary/aromatic N) is 2. The van der Waals surface area contributed by atoms with Gasteiger partial charge in [-0.1, -0.05) is 12.2 Å². The minimum atomic E-state index is -0.0672. The maximum absolute atomic E-state index is 12.4. The van der Waals surface area contributed by atoms with Gasteiger partial charge in [0.2, 0.25) is 5.91 Å². The molecule has 0 aromatic rings. The molecule has 1 unspecified atom stereocenters. The Balaban J connectivity index is 1.92. The van der Waals surface area contributed by atoms with Gasteiger partial charge in [-0.05, 0) is 38.9 Å². The van der Waals surface area contributed by atoms with E-state index in [2.05, 4.69) is 11.2 Å². The van der Waals surface area contributed by atoms with E-state index in [1.165, 1.54) is 0 Å². The Kier molecular flexibility index (Phi) is 5.31. The molecular weight excluding hydrogens is 290 g/mol. The van der Waals surface area contributed by atoms with E-state index in [1.54, 1.807) is 11.8 Å². The van der Waals surface area contributed by atoms with Gasteiger partial charge in [-0.2, -0.15) is 11.8 Å². The van der Waals surface area contributed by atoms with Crippen molar-refractivity contribution < 1.29 is 4.79 Å². The summed E-state index contributed by atoms with van der Waals surface area (Å²) in [6.45, 7) is 5.70. The van der Waals surface area contributed by atoms with Crippen LogP contribution in [-0.4, -0.2) is 63.9 Å². The van der Waals surface area contributed by atoms with Gasteiger partial charge in [0.15, 0.2) is 0 Å². The average molecular weight is 316 g/mol. The topological polar surface area (TPSA) is 49.6 Å². The van der Waals surface area contributed by atoms with Gasteiger partial charge in [0.25, 0.3) is 0 Å². The third-order valence-electron chi connectivity index (χ3n) is 4.77. The van der Waals surface area contributed by atoms with E-state index in [0.29, 0.717) is 4.99 Å². The summed E-state index contributed by atoms with van der Waals surface area (Å²) in [5.41, 5.74) is 5.91. The number of piperidine rings is 1. The van der Waals surface area contributed by atoms with Crippen molar-refractivity contribution in [1.82, 2.24) is 9.80 Å². The van der Waals surface area contributed by atoms with Crippen LogP contribution in [0, 0.1) is 0 Å². The molecular formula is C14H25N3OS2. The van der Waals surface area contributed by atoms with E-state index < -0.39 is 0 Å². The average Bonchev–Trinajstić information content (AvgIpc) is 2.99. The molecule has 0 spiro atoms. The Hall–Kier alpha value is -0.330. The lowest BCUT2D eigenvalue weighted by molar-refractivity contribution is -0.135. The highest BCUT2D eigenvalue weighted by Gasteiger charge is 2.39. The summed E-state index contributed by atoms with van der Waals surface area (Å²) in [5.74, 6) is 0.287. The Bertz CT molecular complexity index is 375. The first-order valence-corrected chi connectivity index (χ1v) is 9.01. The molecule has 0 bridgehead atoms. The molecule has 2 fully saturated rings. The number of thioether (sulfide) groups is 1. The van der Waals surface area contributed by atoms with E-state index in [0.717, 1.165) is 51.9 Å². The minimum Gasteiger partial charge on any atom is -0.392 e. The van der Waals surface area contributed by atoms with Crippen molar-refractivity contribution in [2.75, 3.05) is 32.4 Å². The highest BCUT2D eigenvalue weighted by Crippen LogP contribution is 2.35. The molecule has 0 radical (unpaired) electrons. The summed E-state index contributed by atoms with van der Waals surface area (Å²) >= 11 is 6.99. The maximum Gasteiger partial charge on any atom is 0.239 e. The molecule has 2 aliphatic rings. The number of hydrogen-bond donors (Lipinski definition) is 1. The number of amides is 1. The van der Waals surface area contributed by atoms with Gasteiger partial charge in [0, 0.05) is 26.2 Å². The molecule has 2 aliphatic heterocycles. The Morgan fingerprint density at radius 2 is 1.80 bits per heavy atom. The van der Waals surface area contributed by atoms with Crippen molar-refractivity contribution in [3.05, 3.63) is 0 Å². The Morgan fingerprint density at radius 1 is 1.25 bits per heavy atom. The van der Waals surface area contributed by atoms with Gasteiger partial charge in [0.1, 0.15) is 0 Å². The van der Waals surface area contributed by atoms with E-state index >= 15 is 0 Å². The first kappa shape index (κ1) is 16.0. The standard InChI is InChI=1S/C14H25N3OS2/c1-11(12(18)17-7-3-4-8-17)16-9-5-14(20-2,6-10-16)13(15)19/h11H,3-10H2,1-2H3,(H2,15,19). The number of thiocarbonyl (C=S) groups is 1. The van der Waals surface area contributed by atoms with Crippen LogP contribution in [-0.2, 0) is 4.79 Å². The first-order valence-electron chi connectivity index (χ1n) is 7.38. The van der Waals surface area contributed by atoms with Crippen molar-refractivity contribution in [3.63, 3.8) is 0 Å². The monoisotopic (exact) mass is 315 g/mol. The molecule has 0 aromatic heterocycles. The molecule has 114 valence electrons. The Morgan fingerprint density at radius 3 is 2.25 bits per heavy atom. The van der Waals surface area contributed by atoms with Crippen LogP contribution >= 0.6 is 24.0 Å². The smallest absolute Gasteiger partial charge is 0.239 e. The molecule has 4 nitrogen and oxygen atoms in total. The zero-order valence-electron chi connectivity index (χ0n) is 12.4. The minimum absolute atomic E-state index is 0.0145. The van der Waals surface area contributed by atoms with Crippen molar-refractivity contribution in [1.29, 1.82) is 0 Å². The summed E-state index contributed by atoms with van der Waals surface area (Å²) in [6.07, 6.45) is 6.26. The van der Waals surface area contributed by atoms with Gasteiger partial charge < -0.3 is 10.6 Å². The maximum atomic E-state index is 12.4. The SMILES string of the molecule is CSC1(C(N)=S)CCN(C(C)C(=O)N2CCCC2)CC1. The van der Waals surface area contributed by atoms with Crippen LogP contribution in [0.4, 0.5) is 0 Å². The molecule has 0 aromatic carbocycles. The fourth-order valence-corrected chi connectivity index (χ4v) is 4.43. The molecule has 6 heteroatoms. The van der Waals surface area contributed by atoms with Gasteiger partial charge in [-0.15, -0.1) is 0 Å². The second-order valence-electron chi connectivity index (χ2n) is 5.81. The van der Waals surface area contributed by atoms with Gasteiger partial charge in [0.05, 0.1) is 15.8 Å². The lowest BCUT2D eigenvalue weighted by Gasteiger charge is -2.42. The zero-order valence-corrected chi connectivity index (χ0v) is 14.1. The lowest BCUT2D eigenvalue weighted by Crippen LogP contribution is -2.54. The third kappa shape index (κ3) is 3.12. The highest BCUT2D eigenvalue weighted by atomic mass is 32.2. The highest BCUT2D eigenvalue weighted by molar-refractivity contribution is 8.02. The van der Waals surface area contributed by atoms with E-state index in [4.69, 9.17) is 18.0 Å². The van der Waals surface area contributed by atoms with Crippen molar-refractivity contribution in [3.8, 4) is 0 Å². The third-order valence-corrected chi connectivity index (χ3v) is 6.70. The summed E-state index contributed by atoms with van der Waals surface area (Å²) in [6, 6.07) is -0.0145. The van der Waals surface area contributed by atoms with Crippen molar-refractivity contribution in [2.24, 2.45) is 5.73 Å². The fourth-order valence-electron chi connectivity index (χ4n) is 3.18. The molecule has 1 atom stereocenters. The number of carbonyl (C=O) groups excluding carboxylic acids is 1. The molecule has 1 amide bonds.